The van der Waals surface area contributed by atoms with Crippen molar-refractivity contribution in [1.29, 1.82) is 0 Å². The SMILES string of the molecule is CCC(C)(C)C(=O)OCCOCCOCCOCCOCCOCCOCCOCCOCCOCCOCCOCCOCCOCCOCCOCCOCCOCCOCCOCCOCCO. The topological polar surface area (TPSA) is 231 Å². The Morgan fingerprint density at radius 1 is 0.254 bits per heavy atom. The van der Waals surface area contributed by atoms with Crippen LogP contribution in [0.5, 0.6) is 0 Å². The number of hydrogen-bond donors (Lipinski definition) is 1. The summed E-state index contributed by atoms with van der Waals surface area (Å²) in [6.07, 6.45) is 0.730. The van der Waals surface area contributed by atoms with Crippen molar-refractivity contribution in [2.75, 3.05) is 277 Å². The fraction of sp³-hybridized carbons (Fsp3) is 0.979. The first-order valence-electron chi connectivity index (χ1n) is 25.4. The maximum Gasteiger partial charge on any atom is 0.311 e. The number of carbonyl (C=O) groups excluding carboxylic acids is 1. The molecule has 0 amide bonds. The lowest BCUT2D eigenvalue weighted by Crippen LogP contribution is -2.27. The zero-order valence-electron chi connectivity index (χ0n) is 43.8. The molecule has 23 nitrogen and oxygen atoms in total. The molecule has 23 heteroatoms. The van der Waals surface area contributed by atoms with Gasteiger partial charge in [-0.25, -0.2) is 0 Å². The van der Waals surface area contributed by atoms with Crippen molar-refractivity contribution in [3.63, 3.8) is 0 Å². The minimum Gasteiger partial charge on any atom is -0.463 e. The second-order valence-corrected chi connectivity index (χ2v) is 15.3. The van der Waals surface area contributed by atoms with Gasteiger partial charge in [-0.2, -0.15) is 0 Å². The van der Waals surface area contributed by atoms with Crippen LogP contribution in [0.4, 0.5) is 0 Å². The molecule has 0 aromatic carbocycles. The van der Waals surface area contributed by atoms with Crippen molar-refractivity contribution in [1.82, 2.24) is 0 Å². The van der Waals surface area contributed by atoms with E-state index in [-0.39, 0.29) is 19.2 Å². The van der Waals surface area contributed by atoms with Gasteiger partial charge in [0.15, 0.2) is 0 Å². The number of esters is 1. The Hall–Kier alpha value is -1.37. The molecule has 0 rings (SSSR count). The second kappa shape index (κ2) is 61.2. The molecule has 0 saturated carbocycles. The van der Waals surface area contributed by atoms with E-state index in [9.17, 15) is 4.79 Å². The lowest BCUT2D eigenvalue weighted by Gasteiger charge is -2.20. The van der Waals surface area contributed by atoms with Crippen LogP contribution in [0.2, 0.25) is 0 Å². The van der Waals surface area contributed by atoms with Crippen LogP contribution in [0.25, 0.3) is 0 Å². The molecule has 0 aliphatic heterocycles. The van der Waals surface area contributed by atoms with Crippen molar-refractivity contribution >= 4 is 5.97 Å². The molecule has 0 spiro atoms. The van der Waals surface area contributed by atoms with E-state index in [0.29, 0.717) is 264 Å². The normalized spacial score (nSPS) is 11.9. The van der Waals surface area contributed by atoms with Crippen LogP contribution < -0.4 is 0 Å². The molecule has 0 radical (unpaired) electrons. The molecule has 0 aromatic rings. The van der Waals surface area contributed by atoms with Crippen LogP contribution in [0, 0.1) is 5.41 Å². The summed E-state index contributed by atoms with van der Waals surface area (Å²) in [6.45, 7) is 25.0. The molecule has 0 aromatic heterocycles. The zero-order valence-corrected chi connectivity index (χ0v) is 43.8. The minimum absolute atomic E-state index is 0.0182. The molecular weight excluding hydrogens is 945 g/mol. The average Bonchev–Trinajstić information content (AvgIpc) is 3.37. The van der Waals surface area contributed by atoms with Crippen LogP contribution in [-0.2, 0) is 104 Å². The Morgan fingerprint density at radius 2 is 0.380 bits per heavy atom. The van der Waals surface area contributed by atoms with Crippen molar-refractivity contribution < 1.29 is 109 Å². The highest BCUT2D eigenvalue weighted by atomic mass is 16.6. The van der Waals surface area contributed by atoms with E-state index in [2.05, 4.69) is 0 Å². The Kier molecular flexibility index (Phi) is 60.0. The van der Waals surface area contributed by atoms with Gasteiger partial charge in [0.05, 0.1) is 276 Å². The summed E-state index contributed by atoms with van der Waals surface area (Å²) in [5.74, 6) is -0.205. The summed E-state index contributed by atoms with van der Waals surface area (Å²) in [6, 6.07) is 0. The quantitative estimate of drug-likeness (QED) is 0.0668. The molecule has 0 aliphatic carbocycles. The Labute approximate surface area is 424 Å². The average molecular weight is 1040 g/mol. The van der Waals surface area contributed by atoms with Crippen LogP contribution in [-0.4, -0.2) is 289 Å². The molecule has 0 heterocycles. The number of hydrogen-bond acceptors (Lipinski definition) is 23. The van der Waals surface area contributed by atoms with E-state index < -0.39 is 5.41 Å². The van der Waals surface area contributed by atoms with Crippen LogP contribution in [0.3, 0.4) is 0 Å². The zero-order chi connectivity index (χ0) is 51.3. The third-order valence-corrected chi connectivity index (χ3v) is 9.20. The first-order chi connectivity index (χ1) is 35.0. The fourth-order valence-electron chi connectivity index (χ4n) is 4.88. The van der Waals surface area contributed by atoms with Gasteiger partial charge < -0.3 is 105 Å². The summed E-state index contributed by atoms with van der Waals surface area (Å²) in [7, 11) is 0. The molecule has 0 unspecified atom stereocenters. The van der Waals surface area contributed by atoms with Gasteiger partial charge in [-0.15, -0.1) is 0 Å². The van der Waals surface area contributed by atoms with E-state index in [1.54, 1.807) is 0 Å². The van der Waals surface area contributed by atoms with Gasteiger partial charge in [0.25, 0.3) is 0 Å². The summed E-state index contributed by atoms with van der Waals surface area (Å²) in [5, 5.41) is 8.60. The molecular formula is C48H96O23. The number of rotatable bonds is 64. The van der Waals surface area contributed by atoms with Gasteiger partial charge in [0.2, 0.25) is 0 Å². The molecule has 0 atom stereocenters. The molecule has 71 heavy (non-hydrogen) atoms. The lowest BCUT2D eigenvalue weighted by molar-refractivity contribution is -0.155. The monoisotopic (exact) mass is 1040 g/mol. The summed E-state index contributed by atoms with van der Waals surface area (Å²) >= 11 is 0. The lowest BCUT2D eigenvalue weighted by atomic mass is 9.91. The maximum atomic E-state index is 11.9. The first kappa shape index (κ1) is 69.6. The van der Waals surface area contributed by atoms with E-state index in [1.165, 1.54) is 0 Å². The summed E-state index contributed by atoms with van der Waals surface area (Å²) in [4.78, 5) is 11.9. The van der Waals surface area contributed by atoms with Crippen LogP contribution in [0.15, 0.2) is 0 Å². The Morgan fingerprint density at radius 3 is 0.507 bits per heavy atom. The third kappa shape index (κ3) is 59.4. The largest absolute Gasteiger partial charge is 0.463 e. The fourth-order valence-corrected chi connectivity index (χ4v) is 4.88. The van der Waals surface area contributed by atoms with E-state index in [1.807, 2.05) is 20.8 Å². The van der Waals surface area contributed by atoms with E-state index >= 15 is 0 Å². The number of aliphatic hydroxyl groups excluding tert-OH is 1. The summed E-state index contributed by atoms with van der Waals surface area (Å²) in [5.41, 5.74) is -0.465. The minimum atomic E-state index is -0.465. The van der Waals surface area contributed by atoms with Crippen LogP contribution in [0.1, 0.15) is 27.2 Å². The molecule has 0 aliphatic rings. The highest BCUT2D eigenvalue weighted by molar-refractivity contribution is 5.75. The predicted octanol–water partition coefficient (Wildman–Crippen LogP) is 1.29. The molecule has 1 N–H and O–H groups in total. The van der Waals surface area contributed by atoms with Gasteiger partial charge in [-0.05, 0) is 20.3 Å². The van der Waals surface area contributed by atoms with Gasteiger partial charge in [-0.1, -0.05) is 6.92 Å². The van der Waals surface area contributed by atoms with Gasteiger partial charge in [-0.3, -0.25) is 4.79 Å². The van der Waals surface area contributed by atoms with E-state index in [0.717, 1.165) is 6.42 Å². The Bertz CT molecular complexity index is 1010. The van der Waals surface area contributed by atoms with Crippen molar-refractivity contribution in [2.24, 2.45) is 5.41 Å². The Balaban J connectivity index is 3.10. The van der Waals surface area contributed by atoms with Gasteiger partial charge in [0.1, 0.15) is 6.61 Å². The second-order valence-electron chi connectivity index (χ2n) is 15.3. The van der Waals surface area contributed by atoms with Crippen molar-refractivity contribution in [3.05, 3.63) is 0 Å². The predicted molar refractivity (Wildman–Crippen MR) is 258 cm³/mol. The molecule has 0 saturated heterocycles. The number of ether oxygens (including phenoxy) is 21. The van der Waals surface area contributed by atoms with Gasteiger partial charge >= 0.3 is 5.97 Å². The highest BCUT2D eigenvalue weighted by Gasteiger charge is 2.26. The highest BCUT2D eigenvalue weighted by Crippen LogP contribution is 2.21. The van der Waals surface area contributed by atoms with Crippen LogP contribution >= 0.6 is 0 Å². The standard InChI is InChI=1S/C48H96O23/c1-4-48(2,3)47(50)71-46-45-70-44-43-69-42-41-68-40-39-67-38-37-66-36-35-65-34-33-64-32-31-63-30-29-62-28-27-61-26-25-60-24-23-59-22-21-58-20-19-57-18-17-56-16-15-55-14-13-54-12-11-53-10-9-52-8-7-51-6-5-49/h49H,4-46H2,1-3H3. The van der Waals surface area contributed by atoms with Crippen molar-refractivity contribution in [2.45, 2.75) is 27.2 Å². The number of aliphatic hydroxyl groups is 1. The smallest absolute Gasteiger partial charge is 0.311 e. The van der Waals surface area contributed by atoms with Crippen molar-refractivity contribution in [3.8, 4) is 0 Å². The van der Waals surface area contributed by atoms with Gasteiger partial charge in [0, 0.05) is 0 Å². The maximum absolute atomic E-state index is 11.9. The number of carbonyl (C=O) groups is 1. The summed E-state index contributed by atoms with van der Waals surface area (Å²) < 4.78 is 114. The molecule has 426 valence electrons. The molecule has 0 fully saturated rings. The molecule has 0 bridgehead atoms. The van der Waals surface area contributed by atoms with E-state index in [4.69, 9.17) is 105 Å². The first-order valence-corrected chi connectivity index (χ1v) is 25.4. The third-order valence-electron chi connectivity index (χ3n) is 9.20.